The Hall–Kier alpha value is -1.09. The van der Waals surface area contributed by atoms with E-state index in [-0.39, 0.29) is 0 Å². The van der Waals surface area contributed by atoms with E-state index in [0.717, 1.165) is 13.0 Å². The molecule has 0 aliphatic heterocycles. The first-order valence-electron chi connectivity index (χ1n) is 8.14. The molecule has 0 spiro atoms. The molecule has 0 aromatic carbocycles. The Bertz CT molecular complexity index is 431. The number of nitrogens with one attached hydrogen (secondary N) is 1. The number of aromatic nitrogens is 2. The van der Waals surface area contributed by atoms with E-state index in [4.69, 9.17) is 0 Å². The molecule has 0 saturated heterocycles. The first-order chi connectivity index (χ1) is 9.69. The van der Waals surface area contributed by atoms with E-state index < -0.39 is 0 Å². The maximum Gasteiger partial charge on any atom is 0.0640 e. The van der Waals surface area contributed by atoms with Crippen molar-refractivity contribution in [3.63, 3.8) is 0 Å². The van der Waals surface area contributed by atoms with Gasteiger partial charge in [-0.15, -0.1) is 0 Å². The molecule has 1 N–H and O–H groups in total. The predicted molar refractivity (Wildman–Crippen MR) is 84.9 cm³/mol. The summed E-state index contributed by atoms with van der Waals surface area (Å²) in [5, 5.41) is 8.31. The molecule has 20 heavy (non-hydrogen) atoms. The molecule has 112 valence electrons. The van der Waals surface area contributed by atoms with Gasteiger partial charge in [0.2, 0.25) is 0 Å². The molecular weight excluding hydrogens is 246 g/mol. The summed E-state index contributed by atoms with van der Waals surface area (Å²) in [5.74, 6) is 0. The Morgan fingerprint density at radius 2 is 2.15 bits per heavy atom. The van der Waals surface area contributed by atoms with Gasteiger partial charge in [-0.05, 0) is 58.6 Å². The van der Waals surface area contributed by atoms with Gasteiger partial charge in [0.1, 0.15) is 0 Å². The van der Waals surface area contributed by atoms with Gasteiger partial charge in [0.05, 0.1) is 5.69 Å². The first kappa shape index (κ1) is 15.3. The Morgan fingerprint density at radius 3 is 2.75 bits per heavy atom. The van der Waals surface area contributed by atoms with Gasteiger partial charge < -0.3 is 5.32 Å². The fraction of sp³-hybridized carbons (Fsp3) is 0.706. The van der Waals surface area contributed by atoms with Crippen molar-refractivity contribution in [2.45, 2.75) is 71.4 Å². The highest BCUT2D eigenvalue weighted by atomic mass is 15.3. The second-order valence-corrected chi connectivity index (χ2v) is 6.15. The van der Waals surface area contributed by atoms with E-state index in [9.17, 15) is 0 Å². The SMILES string of the molecule is CCNC(CC1=CCCCC1)Cc1ccn(C(C)C)n1. The van der Waals surface area contributed by atoms with Gasteiger partial charge in [-0.1, -0.05) is 18.6 Å². The number of likely N-dealkylation sites (N-methyl/N-ethyl adjacent to an activating group) is 1. The summed E-state index contributed by atoms with van der Waals surface area (Å²) < 4.78 is 2.05. The number of hydrogen-bond acceptors (Lipinski definition) is 2. The average Bonchev–Trinajstić information content (AvgIpc) is 2.89. The van der Waals surface area contributed by atoms with Gasteiger partial charge >= 0.3 is 0 Å². The van der Waals surface area contributed by atoms with Gasteiger partial charge in [0, 0.05) is 24.7 Å². The third-order valence-electron chi connectivity index (χ3n) is 4.03. The van der Waals surface area contributed by atoms with Crippen molar-refractivity contribution in [2.75, 3.05) is 6.54 Å². The maximum atomic E-state index is 4.68. The third-order valence-corrected chi connectivity index (χ3v) is 4.03. The lowest BCUT2D eigenvalue weighted by molar-refractivity contribution is 0.485. The molecule has 2 rings (SSSR count). The fourth-order valence-electron chi connectivity index (χ4n) is 2.94. The summed E-state index contributed by atoms with van der Waals surface area (Å²) in [6.45, 7) is 7.56. The van der Waals surface area contributed by atoms with Crippen molar-refractivity contribution in [3.8, 4) is 0 Å². The quantitative estimate of drug-likeness (QED) is 0.765. The van der Waals surface area contributed by atoms with Crippen LogP contribution in [0.15, 0.2) is 23.9 Å². The molecule has 3 nitrogen and oxygen atoms in total. The number of rotatable bonds is 7. The van der Waals surface area contributed by atoms with Crippen LogP contribution in [0.25, 0.3) is 0 Å². The van der Waals surface area contributed by atoms with Crippen molar-refractivity contribution >= 4 is 0 Å². The first-order valence-corrected chi connectivity index (χ1v) is 8.14. The van der Waals surface area contributed by atoms with E-state index in [1.165, 1.54) is 37.8 Å². The summed E-state index contributed by atoms with van der Waals surface area (Å²) >= 11 is 0. The highest BCUT2D eigenvalue weighted by Gasteiger charge is 2.14. The molecule has 1 aromatic heterocycles. The monoisotopic (exact) mass is 275 g/mol. The largest absolute Gasteiger partial charge is 0.314 e. The summed E-state index contributed by atoms with van der Waals surface area (Å²) in [6.07, 6.45) is 12.1. The molecule has 0 radical (unpaired) electrons. The molecule has 3 heteroatoms. The standard InChI is InChI=1S/C17H29N3/c1-4-18-17(12-15-8-6-5-7-9-15)13-16-10-11-20(19-16)14(2)3/h8,10-11,14,17-18H,4-7,9,12-13H2,1-3H3. The minimum absolute atomic E-state index is 0.447. The molecule has 0 fully saturated rings. The Morgan fingerprint density at radius 1 is 1.30 bits per heavy atom. The van der Waals surface area contributed by atoms with E-state index in [1.54, 1.807) is 5.57 Å². The zero-order chi connectivity index (χ0) is 14.4. The summed E-state index contributed by atoms with van der Waals surface area (Å²) in [7, 11) is 0. The van der Waals surface area contributed by atoms with E-state index in [0.29, 0.717) is 12.1 Å². The van der Waals surface area contributed by atoms with Crippen LogP contribution in [0, 0.1) is 0 Å². The topological polar surface area (TPSA) is 29.9 Å². The van der Waals surface area contributed by atoms with E-state index >= 15 is 0 Å². The van der Waals surface area contributed by atoms with Crippen molar-refractivity contribution in [2.24, 2.45) is 0 Å². The molecule has 1 unspecified atom stereocenters. The second-order valence-electron chi connectivity index (χ2n) is 6.15. The van der Waals surface area contributed by atoms with Crippen LogP contribution < -0.4 is 5.32 Å². The lowest BCUT2D eigenvalue weighted by atomic mass is 9.93. The number of allylic oxidation sites excluding steroid dienone is 1. The second kappa shape index (κ2) is 7.63. The van der Waals surface area contributed by atoms with Crippen molar-refractivity contribution in [1.82, 2.24) is 15.1 Å². The number of hydrogen-bond donors (Lipinski definition) is 1. The van der Waals surface area contributed by atoms with Gasteiger partial charge in [0.15, 0.2) is 0 Å². The zero-order valence-electron chi connectivity index (χ0n) is 13.2. The van der Waals surface area contributed by atoms with E-state index in [1.807, 2.05) is 0 Å². The molecule has 0 saturated carbocycles. The van der Waals surface area contributed by atoms with Crippen LogP contribution >= 0.6 is 0 Å². The average molecular weight is 275 g/mol. The van der Waals surface area contributed by atoms with Crippen molar-refractivity contribution in [1.29, 1.82) is 0 Å². The van der Waals surface area contributed by atoms with Crippen LogP contribution in [0.5, 0.6) is 0 Å². The Labute approximate surface area is 123 Å². The van der Waals surface area contributed by atoms with Crippen LogP contribution in [0.4, 0.5) is 0 Å². The Kier molecular flexibility index (Phi) is 5.84. The fourth-order valence-corrected chi connectivity index (χ4v) is 2.94. The lowest BCUT2D eigenvalue weighted by Crippen LogP contribution is -2.31. The van der Waals surface area contributed by atoms with Gasteiger partial charge in [0.25, 0.3) is 0 Å². The molecule has 1 aromatic rings. The normalized spacial score (nSPS) is 17.3. The minimum Gasteiger partial charge on any atom is -0.314 e. The summed E-state index contributed by atoms with van der Waals surface area (Å²) in [4.78, 5) is 0. The maximum absolute atomic E-state index is 4.68. The highest BCUT2D eigenvalue weighted by molar-refractivity contribution is 5.10. The lowest BCUT2D eigenvalue weighted by Gasteiger charge is -2.21. The highest BCUT2D eigenvalue weighted by Crippen LogP contribution is 2.22. The van der Waals surface area contributed by atoms with Gasteiger partial charge in [-0.2, -0.15) is 5.10 Å². The molecule has 1 aliphatic rings. The Balaban J connectivity index is 1.95. The zero-order valence-corrected chi connectivity index (χ0v) is 13.2. The van der Waals surface area contributed by atoms with E-state index in [2.05, 4.69) is 54.2 Å². The molecule has 1 aliphatic carbocycles. The number of nitrogens with zero attached hydrogens (tertiary/aromatic N) is 2. The molecule has 0 bridgehead atoms. The predicted octanol–water partition coefficient (Wildman–Crippen LogP) is 3.88. The molecular formula is C17H29N3. The molecule has 1 atom stereocenters. The smallest absolute Gasteiger partial charge is 0.0640 e. The van der Waals surface area contributed by atoms with Crippen LogP contribution in [-0.2, 0) is 6.42 Å². The molecule has 1 heterocycles. The van der Waals surface area contributed by atoms with Crippen LogP contribution in [0.1, 0.15) is 64.6 Å². The minimum atomic E-state index is 0.447. The van der Waals surface area contributed by atoms with Crippen molar-refractivity contribution in [3.05, 3.63) is 29.6 Å². The van der Waals surface area contributed by atoms with Gasteiger partial charge in [-0.3, -0.25) is 4.68 Å². The summed E-state index contributed by atoms with van der Waals surface area (Å²) in [6, 6.07) is 3.14. The summed E-state index contributed by atoms with van der Waals surface area (Å²) in [5.41, 5.74) is 2.85. The van der Waals surface area contributed by atoms with Crippen LogP contribution in [-0.4, -0.2) is 22.4 Å². The van der Waals surface area contributed by atoms with Crippen LogP contribution in [0.2, 0.25) is 0 Å². The van der Waals surface area contributed by atoms with Crippen LogP contribution in [0.3, 0.4) is 0 Å². The molecule has 0 amide bonds. The third kappa shape index (κ3) is 4.48. The van der Waals surface area contributed by atoms with Gasteiger partial charge in [-0.25, -0.2) is 0 Å². The van der Waals surface area contributed by atoms with Crippen molar-refractivity contribution < 1.29 is 0 Å².